The maximum atomic E-state index is 13.2. The van der Waals surface area contributed by atoms with Crippen LogP contribution in [0.2, 0.25) is 0 Å². The van der Waals surface area contributed by atoms with Gasteiger partial charge in [0.15, 0.2) is 4.77 Å². The fraction of sp³-hybridized carbons (Fsp3) is 0.0667. The van der Waals surface area contributed by atoms with Crippen molar-refractivity contribution in [3.63, 3.8) is 0 Å². The van der Waals surface area contributed by atoms with Crippen molar-refractivity contribution >= 4 is 23.3 Å². The number of benzene rings is 2. The van der Waals surface area contributed by atoms with E-state index in [-0.39, 0.29) is 5.82 Å². The predicted octanol–water partition coefficient (Wildman–Crippen LogP) is 3.76. The molecule has 0 saturated heterocycles. The Labute approximate surface area is 119 Å². The summed E-state index contributed by atoms with van der Waals surface area (Å²) < 4.78 is 15.7. The van der Waals surface area contributed by atoms with Crippen LogP contribution in [0.15, 0.2) is 42.5 Å². The molecule has 0 saturated carbocycles. The van der Waals surface area contributed by atoms with Crippen molar-refractivity contribution in [1.82, 2.24) is 9.55 Å². The van der Waals surface area contributed by atoms with E-state index in [9.17, 15) is 4.39 Å². The molecule has 5 heteroatoms. The smallest absolute Gasteiger partial charge is 0.178 e. The maximum absolute atomic E-state index is 13.2. The summed E-state index contributed by atoms with van der Waals surface area (Å²) in [7, 11) is 0. The van der Waals surface area contributed by atoms with Gasteiger partial charge in [-0.2, -0.15) is 5.26 Å². The number of nitrogens with one attached hydrogen (secondary N) is 1. The average molecular weight is 283 g/mol. The van der Waals surface area contributed by atoms with Crippen LogP contribution in [0.25, 0.3) is 11.0 Å². The first-order chi connectivity index (χ1) is 9.67. The average Bonchev–Trinajstić information content (AvgIpc) is 2.74. The Bertz CT molecular complexity index is 886. The first-order valence-electron chi connectivity index (χ1n) is 6.04. The summed E-state index contributed by atoms with van der Waals surface area (Å²) in [5, 5.41) is 8.98. The quantitative estimate of drug-likeness (QED) is 0.728. The molecule has 0 unspecified atom stereocenters. The topological polar surface area (TPSA) is 44.5 Å². The molecule has 1 N–H and O–H groups in total. The lowest BCUT2D eigenvalue weighted by Gasteiger charge is -2.05. The molecular formula is C15H10FN3S. The molecule has 2 aromatic carbocycles. The normalized spacial score (nSPS) is 10.6. The van der Waals surface area contributed by atoms with E-state index in [2.05, 4.69) is 11.1 Å². The second kappa shape index (κ2) is 4.91. The fourth-order valence-corrected chi connectivity index (χ4v) is 2.47. The van der Waals surface area contributed by atoms with Crippen molar-refractivity contribution in [2.24, 2.45) is 0 Å². The molecule has 0 atom stereocenters. The van der Waals surface area contributed by atoms with Gasteiger partial charge in [-0.1, -0.05) is 12.1 Å². The Morgan fingerprint density at radius 1 is 1.25 bits per heavy atom. The van der Waals surface area contributed by atoms with Crippen LogP contribution < -0.4 is 0 Å². The van der Waals surface area contributed by atoms with E-state index >= 15 is 0 Å². The van der Waals surface area contributed by atoms with Crippen molar-refractivity contribution in [2.75, 3.05) is 0 Å². The van der Waals surface area contributed by atoms with Crippen molar-refractivity contribution in [3.05, 3.63) is 64.2 Å². The molecule has 1 aromatic heterocycles. The van der Waals surface area contributed by atoms with Gasteiger partial charge in [0.1, 0.15) is 5.82 Å². The Hall–Kier alpha value is -2.45. The number of aromatic nitrogens is 2. The van der Waals surface area contributed by atoms with Gasteiger partial charge in [-0.05, 0) is 48.1 Å². The number of aromatic amines is 1. The van der Waals surface area contributed by atoms with Crippen LogP contribution in [-0.4, -0.2) is 9.55 Å². The predicted molar refractivity (Wildman–Crippen MR) is 77.3 cm³/mol. The van der Waals surface area contributed by atoms with Crippen molar-refractivity contribution in [2.45, 2.75) is 6.54 Å². The Balaban J connectivity index is 2.13. The molecule has 3 rings (SSSR count). The van der Waals surface area contributed by atoms with Crippen LogP contribution in [-0.2, 0) is 6.54 Å². The molecule has 0 fully saturated rings. The molecule has 0 aliphatic carbocycles. The minimum atomic E-state index is -0.272. The van der Waals surface area contributed by atoms with Gasteiger partial charge in [-0.3, -0.25) is 0 Å². The van der Waals surface area contributed by atoms with E-state index in [1.807, 2.05) is 16.7 Å². The van der Waals surface area contributed by atoms with E-state index in [4.69, 9.17) is 17.5 Å². The van der Waals surface area contributed by atoms with Gasteiger partial charge in [-0.15, -0.1) is 0 Å². The molecule has 0 amide bonds. The molecule has 0 bridgehead atoms. The third-order valence-electron chi connectivity index (χ3n) is 3.13. The van der Waals surface area contributed by atoms with Gasteiger partial charge in [0.05, 0.1) is 29.2 Å². The van der Waals surface area contributed by atoms with Crippen molar-refractivity contribution in [3.8, 4) is 6.07 Å². The highest BCUT2D eigenvalue weighted by Crippen LogP contribution is 2.18. The zero-order valence-electron chi connectivity index (χ0n) is 10.4. The Morgan fingerprint density at radius 2 is 2.10 bits per heavy atom. The lowest BCUT2D eigenvalue weighted by molar-refractivity contribution is 0.623. The first-order valence-corrected chi connectivity index (χ1v) is 6.45. The standard InChI is InChI=1S/C15H10FN3S/c16-12-3-1-2-11(6-12)9-19-14-7-10(8-17)4-5-13(14)18-15(19)20/h1-7H,9H2,(H,18,20). The highest BCUT2D eigenvalue weighted by Gasteiger charge is 2.06. The molecular weight excluding hydrogens is 273 g/mol. The molecule has 1 heterocycles. The number of nitriles is 1. The van der Waals surface area contributed by atoms with Gasteiger partial charge in [0, 0.05) is 0 Å². The van der Waals surface area contributed by atoms with Gasteiger partial charge in [0.2, 0.25) is 0 Å². The molecule has 3 nitrogen and oxygen atoms in total. The number of H-pyrrole nitrogens is 1. The van der Waals surface area contributed by atoms with E-state index in [0.717, 1.165) is 16.6 Å². The molecule has 0 aliphatic heterocycles. The molecule has 3 aromatic rings. The SMILES string of the molecule is N#Cc1ccc2[nH]c(=S)n(Cc3cccc(F)c3)c2c1. The highest BCUT2D eigenvalue weighted by atomic mass is 32.1. The summed E-state index contributed by atoms with van der Waals surface area (Å²) in [5.74, 6) is -0.272. The third-order valence-corrected chi connectivity index (χ3v) is 3.46. The summed E-state index contributed by atoms with van der Waals surface area (Å²) in [6, 6.07) is 13.9. The summed E-state index contributed by atoms with van der Waals surface area (Å²) in [5.41, 5.74) is 3.10. The molecule has 0 radical (unpaired) electrons. The second-order valence-electron chi connectivity index (χ2n) is 4.49. The maximum Gasteiger partial charge on any atom is 0.178 e. The molecule has 0 spiro atoms. The van der Waals surface area contributed by atoms with Gasteiger partial charge in [-0.25, -0.2) is 4.39 Å². The summed E-state index contributed by atoms with van der Waals surface area (Å²) in [6.07, 6.45) is 0. The number of rotatable bonds is 2. The van der Waals surface area contributed by atoms with Crippen LogP contribution in [0.3, 0.4) is 0 Å². The number of halogens is 1. The van der Waals surface area contributed by atoms with E-state index < -0.39 is 0 Å². The summed E-state index contributed by atoms with van der Waals surface area (Å²) in [4.78, 5) is 3.09. The zero-order valence-corrected chi connectivity index (χ0v) is 11.2. The fourth-order valence-electron chi connectivity index (χ4n) is 2.20. The molecule has 98 valence electrons. The minimum absolute atomic E-state index is 0.272. The van der Waals surface area contributed by atoms with Crippen molar-refractivity contribution < 1.29 is 4.39 Å². The zero-order chi connectivity index (χ0) is 14.1. The monoisotopic (exact) mass is 283 g/mol. The number of fused-ring (bicyclic) bond motifs is 1. The molecule has 20 heavy (non-hydrogen) atoms. The van der Waals surface area contributed by atoms with Crippen LogP contribution in [0.1, 0.15) is 11.1 Å². The number of hydrogen-bond acceptors (Lipinski definition) is 2. The first kappa shape index (κ1) is 12.6. The van der Waals surface area contributed by atoms with Crippen LogP contribution >= 0.6 is 12.2 Å². The van der Waals surface area contributed by atoms with Crippen LogP contribution in [0.5, 0.6) is 0 Å². The van der Waals surface area contributed by atoms with Crippen LogP contribution in [0.4, 0.5) is 4.39 Å². The van der Waals surface area contributed by atoms with Crippen molar-refractivity contribution in [1.29, 1.82) is 5.26 Å². The van der Waals surface area contributed by atoms with Gasteiger partial charge >= 0.3 is 0 Å². The Kier molecular flexibility index (Phi) is 3.09. The van der Waals surface area contributed by atoms with E-state index in [0.29, 0.717) is 16.9 Å². The van der Waals surface area contributed by atoms with E-state index in [1.54, 1.807) is 18.2 Å². The van der Waals surface area contributed by atoms with Crippen LogP contribution in [0, 0.1) is 21.9 Å². The number of hydrogen-bond donors (Lipinski definition) is 1. The van der Waals surface area contributed by atoms with Gasteiger partial charge in [0.25, 0.3) is 0 Å². The summed E-state index contributed by atoms with van der Waals surface area (Å²) in [6.45, 7) is 0.464. The molecule has 0 aliphatic rings. The lowest BCUT2D eigenvalue weighted by atomic mass is 10.2. The van der Waals surface area contributed by atoms with E-state index in [1.165, 1.54) is 12.1 Å². The number of nitrogens with zero attached hydrogens (tertiary/aromatic N) is 2. The third kappa shape index (κ3) is 2.22. The largest absolute Gasteiger partial charge is 0.331 e. The lowest BCUT2D eigenvalue weighted by Crippen LogP contribution is -2.00. The second-order valence-corrected chi connectivity index (χ2v) is 4.88. The Morgan fingerprint density at radius 3 is 2.85 bits per heavy atom. The summed E-state index contributed by atoms with van der Waals surface area (Å²) >= 11 is 5.30. The highest BCUT2D eigenvalue weighted by molar-refractivity contribution is 7.71. The number of imidazole rings is 1. The minimum Gasteiger partial charge on any atom is -0.331 e. The van der Waals surface area contributed by atoms with Gasteiger partial charge < -0.3 is 9.55 Å².